The highest BCUT2D eigenvalue weighted by Gasteiger charge is 2.31. The van der Waals surface area contributed by atoms with Gasteiger partial charge in [0.1, 0.15) is 18.1 Å². The molecule has 0 saturated heterocycles. The number of rotatable bonds is 17. The highest BCUT2D eigenvalue weighted by atomic mass is 32.2. The lowest BCUT2D eigenvalue weighted by Crippen LogP contribution is -2.58. The van der Waals surface area contributed by atoms with Crippen molar-refractivity contribution in [3.63, 3.8) is 0 Å². The third-order valence-corrected chi connectivity index (χ3v) is 5.48. The van der Waals surface area contributed by atoms with Crippen molar-refractivity contribution < 1.29 is 34.2 Å². The van der Waals surface area contributed by atoms with Crippen LogP contribution in [0.4, 0.5) is 0 Å². The quantitative estimate of drug-likeness (QED) is 0.0580. The van der Waals surface area contributed by atoms with Crippen molar-refractivity contribution in [1.82, 2.24) is 16.0 Å². The van der Waals surface area contributed by atoms with Crippen LogP contribution in [0, 0.1) is 5.92 Å². The Morgan fingerprint density at radius 3 is 1.91 bits per heavy atom. The Morgan fingerprint density at radius 2 is 1.43 bits per heavy atom. The van der Waals surface area contributed by atoms with Gasteiger partial charge in [0.05, 0.1) is 12.5 Å². The lowest BCUT2D eigenvalue weighted by atomic mass is 10.0. The minimum absolute atomic E-state index is 0.0163. The van der Waals surface area contributed by atoms with Crippen molar-refractivity contribution in [3.05, 3.63) is 0 Å². The van der Waals surface area contributed by atoms with Gasteiger partial charge in [0.25, 0.3) is 0 Å². The fraction of sp³-hybridized carbons (Fsp3) is 0.700. The molecule has 4 unspecified atom stereocenters. The monoisotopic (exact) mass is 519 g/mol. The first-order valence-electron chi connectivity index (χ1n) is 11.0. The standard InChI is InChI=1S/C20H37N7O7S/c1-10(2)15(21)18(32)27-13(9-14(28)29)17(31)25-11(5-4-7-24-20(22)23)16(30)26-12(19(33)34)6-8-35-3/h10-13,15H,4-9,21H2,1-3H3,(H,25,31)(H,26,30)(H,27,32)(H,28,29)(H,33,34)(H4,22,23,24). The molecule has 0 fully saturated rings. The van der Waals surface area contributed by atoms with E-state index < -0.39 is 60.2 Å². The number of aliphatic imine (C=N–C) groups is 1. The van der Waals surface area contributed by atoms with Crippen LogP contribution in [0.15, 0.2) is 4.99 Å². The summed E-state index contributed by atoms with van der Waals surface area (Å²) in [6.45, 7) is 3.50. The Bertz CT molecular complexity index is 775. The van der Waals surface area contributed by atoms with Crippen LogP contribution in [-0.2, 0) is 24.0 Å². The van der Waals surface area contributed by atoms with Gasteiger partial charge in [-0.2, -0.15) is 11.8 Å². The first-order valence-corrected chi connectivity index (χ1v) is 12.3. The SMILES string of the molecule is CSCCC(NC(=O)C(CCCN=C(N)N)NC(=O)C(CC(=O)O)NC(=O)C(N)C(C)C)C(=O)O. The van der Waals surface area contributed by atoms with Gasteiger partial charge in [-0.3, -0.25) is 24.2 Å². The van der Waals surface area contributed by atoms with Crippen molar-refractivity contribution in [3.8, 4) is 0 Å². The summed E-state index contributed by atoms with van der Waals surface area (Å²) in [7, 11) is 0. The van der Waals surface area contributed by atoms with E-state index >= 15 is 0 Å². The summed E-state index contributed by atoms with van der Waals surface area (Å²) >= 11 is 1.40. The van der Waals surface area contributed by atoms with Crippen LogP contribution in [-0.4, -0.2) is 88.6 Å². The number of carboxylic acid groups (broad SMARTS) is 2. The number of nitrogens with one attached hydrogen (secondary N) is 3. The predicted molar refractivity (Wildman–Crippen MR) is 131 cm³/mol. The first kappa shape index (κ1) is 31.9. The summed E-state index contributed by atoms with van der Waals surface area (Å²) in [5, 5.41) is 25.7. The summed E-state index contributed by atoms with van der Waals surface area (Å²) in [4.78, 5) is 64.6. The number of aliphatic carboxylic acids is 2. The number of carbonyl (C=O) groups excluding carboxylic acids is 3. The van der Waals surface area contributed by atoms with E-state index in [9.17, 15) is 34.2 Å². The van der Waals surface area contributed by atoms with Gasteiger partial charge < -0.3 is 43.4 Å². The van der Waals surface area contributed by atoms with E-state index in [1.54, 1.807) is 20.1 Å². The molecule has 35 heavy (non-hydrogen) atoms. The molecular weight excluding hydrogens is 482 g/mol. The van der Waals surface area contributed by atoms with Crippen molar-refractivity contribution >= 4 is 47.4 Å². The second kappa shape index (κ2) is 16.5. The van der Waals surface area contributed by atoms with Gasteiger partial charge in [-0.05, 0) is 37.2 Å². The fourth-order valence-corrected chi connectivity index (χ4v) is 3.24. The molecule has 0 heterocycles. The van der Waals surface area contributed by atoms with Gasteiger partial charge in [0.15, 0.2) is 5.96 Å². The van der Waals surface area contributed by atoms with Gasteiger partial charge in [0.2, 0.25) is 17.7 Å². The zero-order valence-electron chi connectivity index (χ0n) is 20.2. The Morgan fingerprint density at radius 1 is 0.886 bits per heavy atom. The maximum atomic E-state index is 12.9. The van der Waals surface area contributed by atoms with Crippen LogP contribution < -0.4 is 33.2 Å². The molecule has 0 aromatic rings. The Kier molecular flexibility index (Phi) is 15.1. The van der Waals surface area contributed by atoms with E-state index in [2.05, 4.69) is 20.9 Å². The second-order valence-electron chi connectivity index (χ2n) is 8.12. The number of carboxylic acids is 2. The predicted octanol–water partition coefficient (Wildman–Crippen LogP) is -2.21. The lowest BCUT2D eigenvalue weighted by molar-refractivity contribution is -0.143. The molecule has 4 atom stereocenters. The Hall–Kier alpha value is -3.07. The summed E-state index contributed by atoms with van der Waals surface area (Å²) in [5.41, 5.74) is 16.3. The topological polar surface area (TPSA) is 252 Å². The average molecular weight is 520 g/mol. The number of nitrogens with two attached hydrogens (primary N) is 3. The van der Waals surface area contributed by atoms with Crippen LogP contribution in [0.2, 0.25) is 0 Å². The molecule has 0 aliphatic heterocycles. The molecule has 200 valence electrons. The van der Waals surface area contributed by atoms with Gasteiger partial charge in [0, 0.05) is 6.54 Å². The molecule has 3 amide bonds. The fourth-order valence-electron chi connectivity index (χ4n) is 2.76. The van der Waals surface area contributed by atoms with Gasteiger partial charge >= 0.3 is 11.9 Å². The molecule has 0 saturated carbocycles. The molecule has 14 nitrogen and oxygen atoms in total. The smallest absolute Gasteiger partial charge is 0.326 e. The molecule has 11 N–H and O–H groups in total. The van der Waals surface area contributed by atoms with Gasteiger partial charge in [-0.15, -0.1) is 0 Å². The van der Waals surface area contributed by atoms with Gasteiger partial charge in [-0.25, -0.2) is 4.79 Å². The number of nitrogens with zero attached hydrogens (tertiary/aromatic N) is 1. The summed E-state index contributed by atoms with van der Waals surface area (Å²) in [6, 6.07) is -4.92. The van der Waals surface area contributed by atoms with Crippen LogP contribution >= 0.6 is 11.8 Å². The minimum Gasteiger partial charge on any atom is -0.481 e. The number of thioether (sulfide) groups is 1. The Labute approximate surface area is 208 Å². The molecule has 15 heteroatoms. The molecular formula is C20H37N7O7S. The van der Waals surface area contributed by atoms with Crippen molar-refractivity contribution in [2.75, 3.05) is 18.6 Å². The highest BCUT2D eigenvalue weighted by molar-refractivity contribution is 7.98. The van der Waals surface area contributed by atoms with Crippen LogP contribution in [0.3, 0.4) is 0 Å². The van der Waals surface area contributed by atoms with E-state index in [1.807, 2.05) is 0 Å². The normalized spacial score (nSPS) is 14.2. The van der Waals surface area contributed by atoms with Crippen LogP contribution in [0.25, 0.3) is 0 Å². The number of guanidine groups is 1. The first-order chi connectivity index (χ1) is 16.3. The largest absolute Gasteiger partial charge is 0.481 e. The lowest BCUT2D eigenvalue weighted by Gasteiger charge is -2.25. The van der Waals surface area contributed by atoms with Crippen molar-refractivity contribution in [1.29, 1.82) is 0 Å². The van der Waals surface area contributed by atoms with E-state index in [1.165, 1.54) is 11.8 Å². The molecule has 0 aliphatic carbocycles. The number of hydrogen-bond acceptors (Lipinski definition) is 8. The highest BCUT2D eigenvalue weighted by Crippen LogP contribution is 2.06. The third-order valence-electron chi connectivity index (χ3n) is 4.84. The molecule has 0 rings (SSSR count). The summed E-state index contributed by atoms with van der Waals surface area (Å²) < 4.78 is 0. The van der Waals surface area contributed by atoms with E-state index in [4.69, 9.17) is 17.2 Å². The third kappa shape index (κ3) is 13.4. The van der Waals surface area contributed by atoms with Gasteiger partial charge in [-0.1, -0.05) is 13.8 Å². The zero-order valence-corrected chi connectivity index (χ0v) is 21.0. The molecule has 0 radical (unpaired) electrons. The zero-order chi connectivity index (χ0) is 27.1. The summed E-state index contributed by atoms with van der Waals surface area (Å²) in [5.74, 6) is -5.00. The van der Waals surface area contributed by atoms with Crippen molar-refractivity contribution in [2.24, 2.45) is 28.1 Å². The average Bonchev–Trinajstić information content (AvgIpc) is 2.76. The molecule has 0 aromatic carbocycles. The summed E-state index contributed by atoms with van der Waals surface area (Å²) in [6.07, 6.45) is 1.45. The molecule has 0 spiro atoms. The van der Waals surface area contributed by atoms with E-state index in [-0.39, 0.29) is 37.7 Å². The van der Waals surface area contributed by atoms with E-state index in [0.29, 0.717) is 5.75 Å². The minimum atomic E-state index is -1.51. The number of amides is 3. The van der Waals surface area contributed by atoms with E-state index in [0.717, 1.165) is 0 Å². The molecule has 0 aliphatic rings. The molecule has 0 aromatic heterocycles. The van der Waals surface area contributed by atoms with Crippen LogP contribution in [0.5, 0.6) is 0 Å². The Balaban J connectivity index is 5.62. The maximum absolute atomic E-state index is 12.9. The van der Waals surface area contributed by atoms with Crippen molar-refractivity contribution in [2.45, 2.75) is 63.7 Å². The number of carbonyl (C=O) groups is 5. The van der Waals surface area contributed by atoms with Crippen LogP contribution in [0.1, 0.15) is 39.5 Å². The second-order valence-corrected chi connectivity index (χ2v) is 9.11. The maximum Gasteiger partial charge on any atom is 0.326 e. The number of hydrogen-bond donors (Lipinski definition) is 8. The molecule has 0 bridgehead atoms.